The van der Waals surface area contributed by atoms with E-state index >= 15 is 0 Å². The highest BCUT2D eigenvalue weighted by Crippen LogP contribution is 2.21. The lowest BCUT2D eigenvalue weighted by Crippen LogP contribution is -2.31. The molecule has 0 saturated heterocycles. The molecule has 0 aliphatic heterocycles. The lowest BCUT2D eigenvalue weighted by molar-refractivity contribution is 0.0912. The van der Waals surface area contributed by atoms with Crippen molar-refractivity contribution in [3.63, 3.8) is 0 Å². The van der Waals surface area contributed by atoms with Crippen LogP contribution in [0.3, 0.4) is 0 Å². The minimum Gasteiger partial charge on any atom is -0.394 e. The van der Waals surface area contributed by atoms with Gasteiger partial charge in [0.15, 0.2) is 0 Å². The number of rotatable bonds is 4. The van der Waals surface area contributed by atoms with E-state index < -0.39 is 17.8 Å². The number of hydrogen-bond acceptors (Lipinski definition) is 2. The third-order valence-electron chi connectivity index (χ3n) is 3.78. The number of halogens is 1. The molecule has 0 aliphatic carbocycles. The molecule has 0 radical (unpaired) electrons. The van der Waals surface area contributed by atoms with Gasteiger partial charge in [-0.3, -0.25) is 4.79 Å². The molecule has 116 valence electrons. The Morgan fingerprint density at radius 2 is 1.70 bits per heavy atom. The van der Waals surface area contributed by atoms with E-state index in [-0.39, 0.29) is 12.2 Å². The Bertz CT molecular complexity index is 847. The number of aliphatic hydroxyl groups is 1. The minimum atomic E-state index is -0.591. The van der Waals surface area contributed by atoms with Crippen molar-refractivity contribution in [3.8, 4) is 0 Å². The van der Waals surface area contributed by atoms with Gasteiger partial charge in [0.1, 0.15) is 5.82 Å². The number of carbonyl (C=O) groups excluding carboxylic acids is 1. The van der Waals surface area contributed by atoms with Crippen molar-refractivity contribution < 1.29 is 14.3 Å². The summed E-state index contributed by atoms with van der Waals surface area (Å²) in [6, 6.07) is 18.7. The molecule has 0 bridgehead atoms. The number of fused-ring (bicyclic) bond motifs is 1. The first-order valence-corrected chi connectivity index (χ1v) is 7.34. The maximum Gasteiger partial charge on any atom is 0.254 e. The summed E-state index contributed by atoms with van der Waals surface area (Å²) in [5.74, 6) is -1.13. The van der Waals surface area contributed by atoms with Gasteiger partial charge in [-0.25, -0.2) is 4.39 Å². The van der Waals surface area contributed by atoms with Crippen molar-refractivity contribution in [1.29, 1.82) is 0 Å². The van der Waals surface area contributed by atoms with Gasteiger partial charge in [0.05, 0.1) is 18.2 Å². The Kier molecular flexibility index (Phi) is 4.35. The van der Waals surface area contributed by atoms with Crippen molar-refractivity contribution in [3.05, 3.63) is 83.7 Å². The van der Waals surface area contributed by atoms with Gasteiger partial charge in [-0.2, -0.15) is 0 Å². The first-order valence-electron chi connectivity index (χ1n) is 7.34. The largest absolute Gasteiger partial charge is 0.394 e. The fourth-order valence-electron chi connectivity index (χ4n) is 2.54. The number of hydrogen-bond donors (Lipinski definition) is 2. The molecule has 3 aromatic rings. The molecule has 1 amide bonds. The van der Waals surface area contributed by atoms with Crippen molar-refractivity contribution >= 4 is 16.7 Å². The summed E-state index contributed by atoms with van der Waals surface area (Å²) in [5, 5.41) is 14.4. The van der Waals surface area contributed by atoms with Crippen LogP contribution in [0.15, 0.2) is 66.7 Å². The van der Waals surface area contributed by atoms with Crippen LogP contribution in [-0.2, 0) is 0 Å². The highest BCUT2D eigenvalue weighted by molar-refractivity contribution is 5.94. The molecule has 0 aromatic heterocycles. The number of amides is 1. The highest BCUT2D eigenvalue weighted by Gasteiger charge is 2.17. The fraction of sp³-hybridized carbons (Fsp3) is 0.105. The fourth-order valence-corrected chi connectivity index (χ4v) is 2.54. The van der Waals surface area contributed by atoms with Crippen LogP contribution in [0.4, 0.5) is 4.39 Å². The molecule has 3 rings (SSSR count). The molecular weight excluding hydrogens is 293 g/mol. The summed E-state index contributed by atoms with van der Waals surface area (Å²) in [7, 11) is 0. The summed E-state index contributed by atoms with van der Waals surface area (Å²) in [4.78, 5) is 12.2. The first-order chi connectivity index (χ1) is 11.2. The molecule has 0 unspecified atom stereocenters. The van der Waals surface area contributed by atoms with Crippen LogP contribution in [-0.4, -0.2) is 17.6 Å². The van der Waals surface area contributed by atoms with Gasteiger partial charge in [0.2, 0.25) is 0 Å². The van der Waals surface area contributed by atoms with E-state index in [2.05, 4.69) is 5.32 Å². The van der Waals surface area contributed by atoms with E-state index in [1.54, 1.807) is 6.07 Å². The second-order valence-corrected chi connectivity index (χ2v) is 5.30. The maximum atomic E-state index is 13.7. The van der Waals surface area contributed by atoms with E-state index in [4.69, 9.17) is 0 Å². The minimum absolute atomic E-state index is 0.0354. The molecule has 0 saturated carbocycles. The summed E-state index contributed by atoms with van der Waals surface area (Å²) in [6.07, 6.45) is 0. The monoisotopic (exact) mass is 309 g/mol. The van der Waals surface area contributed by atoms with E-state index in [0.717, 1.165) is 16.3 Å². The van der Waals surface area contributed by atoms with Crippen molar-refractivity contribution in [2.24, 2.45) is 0 Å². The first kappa shape index (κ1) is 15.2. The van der Waals surface area contributed by atoms with Crippen LogP contribution in [0.5, 0.6) is 0 Å². The molecule has 0 spiro atoms. The van der Waals surface area contributed by atoms with Crippen molar-refractivity contribution in [1.82, 2.24) is 5.32 Å². The Morgan fingerprint density at radius 3 is 2.43 bits per heavy atom. The molecule has 3 aromatic carbocycles. The Hall–Kier alpha value is -2.72. The predicted octanol–water partition coefficient (Wildman–Crippen LogP) is 3.44. The molecule has 0 heterocycles. The van der Waals surface area contributed by atoms with Crippen LogP contribution in [0.2, 0.25) is 0 Å². The lowest BCUT2D eigenvalue weighted by atomic mass is 10.0. The zero-order chi connectivity index (χ0) is 16.2. The van der Waals surface area contributed by atoms with Gasteiger partial charge in [0, 0.05) is 0 Å². The Balaban J connectivity index is 1.86. The molecule has 23 heavy (non-hydrogen) atoms. The van der Waals surface area contributed by atoms with E-state index in [9.17, 15) is 14.3 Å². The molecule has 0 aliphatic rings. The molecule has 1 atom stereocenters. The van der Waals surface area contributed by atoms with E-state index in [1.807, 2.05) is 42.5 Å². The molecule has 3 nitrogen and oxygen atoms in total. The second-order valence-electron chi connectivity index (χ2n) is 5.30. The van der Waals surface area contributed by atoms with Gasteiger partial charge in [0.25, 0.3) is 5.91 Å². The van der Waals surface area contributed by atoms with Crippen molar-refractivity contribution in [2.45, 2.75) is 6.04 Å². The van der Waals surface area contributed by atoms with Crippen LogP contribution < -0.4 is 5.32 Å². The van der Waals surface area contributed by atoms with E-state index in [0.29, 0.717) is 0 Å². The third-order valence-corrected chi connectivity index (χ3v) is 3.78. The smallest absolute Gasteiger partial charge is 0.254 e. The summed E-state index contributed by atoms with van der Waals surface area (Å²) < 4.78 is 13.7. The average Bonchev–Trinajstić information content (AvgIpc) is 2.59. The van der Waals surface area contributed by atoms with Crippen LogP contribution in [0.1, 0.15) is 22.0 Å². The quantitative estimate of drug-likeness (QED) is 0.775. The van der Waals surface area contributed by atoms with E-state index in [1.165, 1.54) is 18.2 Å². The van der Waals surface area contributed by atoms with Gasteiger partial charge in [-0.05, 0) is 34.5 Å². The number of carbonyl (C=O) groups is 1. The molecular formula is C19H16FNO2. The average molecular weight is 309 g/mol. The van der Waals surface area contributed by atoms with Crippen molar-refractivity contribution in [2.75, 3.05) is 6.61 Å². The van der Waals surface area contributed by atoms with Gasteiger partial charge >= 0.3 is 0 Å². The standard InChI is InChI=1S/C19H16FNO2/c20-17-8-4-3-7-16(17)19(23)21-18(12-22)15-10-9-13-5-1-2-6-14(13)11-15/h1-11,18,22H,12H2,(H,21,23)/t18-/m0/s1. The lowest BCUT2D eigenvalue weighted by Gasteiger charge is -2.17. The van der Waals surface area contributed by atoms with Crippen LogP contribution in [0.25, 0.3) is 10.8 Å². The zero-order valence-corrected chi connectivity index (χ0v) is 12.4. The summed E-state index contributed by atoms with van der Waals surface area (Å²) in [5.41, 5.74) is 0.739. The zero-order valence-electron chi connectivity index (χ0n) is 12.4. The Labute approximate surface area is 133 Å². The Morgan fingerprint density at radius 1 is 1.00 bits per heavy atom. The SMILES string of the molecule is O=C(N[C@@H](CO)c1ccc2ccccc2c1)c1ccccc1F. The predicted molar refractivity (Wildman–Crippen MR) is 87.6 cm³/mol. The van der Waals surface area contributed by atoms with Gasteiger partial charge in [-0.1, -0.05) is 48.5 Å². The third kappa shape index (κ3) is 3.22. The summed E-state index contributed by atoms with van der Waals surface area (Å²) in [6.45, 7) is -0.265. The maximum absolute atomic E-state index is 13.7. The van der Waals surface area contributed by atoms with Crippen LogP contribution >= 0.6 is 0 Å². The van der Waals surface area contributed by atoms with Crippen LogP contribution in [0, 0.1) is 5.82 Å². The normalized spacial score (nSPS) is 12.1. The molecule has 4 heteroatoms. The molecule has 2 N–H and O–H groups in total. The number of nitrogens with one attached hydrogen (secondary N) is 1. The van der Waals surface area contributed by atoms with Gasteiger partial charge in [-0.15, -0.1) is 0 Å². The van der Waals surface area contributed by atoms with Gasteiger partial charge < -0.3 is 10.4 Å². The highest BCUT2D eigenvalue weighted by atomic mass is 19.1. The molecule has 0 fully saturated rings. The number of benzene rings is 3. The second kappa shape index (κ2) is 6.58. The topological polar surface area (TPSA) is 49.3 Å². The number of aliphatic hydroxyl groups excluding tert-OH is 1. The summed E-state index contributed by atoms with van der Waals surface area (Å²) >= 11 is 0.